The van der Waals surface area contributed by atoms with Gasteiger partial charge in [0.05, 0.1) is 12.0 Å². The molecule has 0 aromatic carbocycles. The van der Waals surface area contributed by atoms with Crippen molar-refractivity contribution >= 4 is 28.5 Å². The summed E-state index contributed by atoms with van der Waals surface area (Å²) in [4.78, 5) is 17.4. The number of thiazole rings is 1. The van der Waals surface area contributed by atoms with Gasteiger partial charge in [-0.2, -0.15) is 0 Å². The summed E-state index contributed by atoms with van der Waals surface area (Å²) in [5.41, 5.74) is 1.14. The van der Waals surface area contributed by atoms with Crippen LogP contribution in [0.25, 0.3) is 6.08 Å². The van der Waals surface area contributed by atoms with Crippen molar-refractivity contribution in [3.63, 3.8) is 0 Å². The smallest absolute Gasteiger partial charge is 0.250 e. The van der Waals surface area contributed by atoms with Gasteiger partial charge < -0.3 is 4.42 Å². The first-order valence-electron chi connectivity index (χ1n) is 5.82. The Morgan fingerprint density at radius 2 is 2.44 bits per heavy atom. The second-order valence-corrected chi connectivity index (χ2v) is 5.16. The van der Waals surface area contributed by atoms with E-state index in [4.69, 9.17) is 4.42 Å². The Balaban J connectivity index is 1.63. The molecule has 1 aliphatic rings. The fraction of sp³-hybridized carbons (Fsp3) is 0.231. The number of hydrogen-bond acceptors (Lipinski definition) is 4. The molecule has 0 unspecified atom stereocenters. The van der Waals surface area contributed by atoms with E-state index in [9.17, 15) is 4.79 Å². The maximum Gasteiger partial charge on any atom is 0.250 e. The molecule has 4 nitrogen and oxygen atoms in total. The lowest BCUT2D eigenvalue weighted by Crippen LogP contribution is -2.07. The lowest BCUT2D eigenvalue weighted by molar-refractivity contribution is -0.111. The maximum absolute atomic E-state index is 11.7. The number of carbonyl (C=O) groups is 1. The fourth-order valence-corrected chi connectivity index (χ4v) is 2.99. The van der Waals surface area contributed by atoms with Crippen molar-refractivity contribution < 1.29 is 9.21 Å². The molecule has 5 heteroatoms. The van der Waals surface area contributed by atoms with Crippen LogP contribution in [0, 0.1) is 0 Å². The van der Waals surface area contributed by atoms with Gasteiger partial charge in [-0.15, -0.1) is 11.3 Å². The number of carbonyl (C=O) groups excluding carboxylic acids is 1. The van der Waals surface area contributed by atoms with Crippen LogP contribution >= 0.6 is 11.3 Å². The number of fused-ring (bicyclic) bond motifs is 1. The summed E-state index contributed by atoms with van der Waals surface area (Å²) in [6.07, 6.45) is 7.96. The van der Waals surface area contributed by atoms with Gasteiger partial charge in [-0.25, -0.2) is 4.98 Å². The van der Waals surface area contributed by atoms with E-state index in [0.29, 0.717) is 10.9 Å². The van der Waals surface area contributed by atoms with Crippen molar-refractivity contribution in [1.29, 1.82) is 0 Å². The molecule has 92 valence electrons. The highest BCUT2D eigenvalue weighted by Gasteiger charge is 2.17. The minimum Gasteiger partial charge on any atom is -0.465 e. The zero-order valence-electron chi connectivity index (χ0n) is 9.68. The van der Waals surface area contributed by atoms with E-state index in [0.717, 1.165) is 18.5 Å². The molecule has 0 radical (unpaired) electrons. The third-order valence-corrected chi connectivity index (χ3v) is 3.84. The average Bonchev–Trinajstić information content (AvgIpc) is 3.01. The third-order valence-electron chi connectivity index (χ3n) is 2.77. The number of furan rings is 1. The average molecular weight is 260 g/mol. The molecule has 1 amide bonds. The Bertz CT molecular complexity index is 563. The summed E-state index contributed by atoms with van der Waals surface area (Å²) < 4.78 is 5.10. The number of aromatic nitrogens is 1. The molecule has 1 N–H and O–H groups in total. The molecule has 18 heavy (non-hydrogen) atoms. The van der Waals surface area contributed by atoms with Crippen LogP contribution in [0.3, 0.4) is 0 Å². The van der Waals surface area contributed by atoms with Crippen molar-refractivity contribution in [3.05, 3.63) is 40.8 Å². The van der Waals surface area contributed by atoms with Crippen molar-refractivity contribution in [2.24, 2.45) is 0 Å². The minimum absolute atomic E-state index is 0.182. The first kappa shape index (κ1) is 11.2. The molecule has 0 fully saturated rings. The quantitative estimate of drug-likeness (QED) is 0.863. The Morgan fingerprint density at radius 1 is 1.50 bits per heavy atom. The molecule has 2 heterocycles. The highest BCUT2D eigenvalue weighted by atomic mass is 32.1. The van der Waals surface area contributed by atoms with E-state index >= 15 is 0 Å². The van der Waals surface area contributed by atoms with E-state index in [1.165, 1.54) is 17.4 Å². The van der Waals surface area contributed by atoms with Crippen molar-refractivity contribution in [2.45, 2.75) is 19.3 Å². The molecule has 2 aromatic rings. The van der Waals surface area contributed by atoms with Gasteiger partial charge in [0.25, 0.3) is 0 Å². The SMILES string of the molecule is O=C(C=Cc1ccco1)Nc1nc2c(s1)CCC2. The Hall–Kier alpha value is -1.88. The first-order valence-corrected chi connectivity index (χ1v) is 6.64. The summed E-state index contributed by atoms with van der Waals surface area (Å²) in [5.74, 6) is 0.477. The standard InChI is InChI=1S/C13H12N2O2S/c16-12(7-6-9-3-2-8-17-9)15-13-14-10-4-1-5-11(10)18-13/h2-3,6-8H,1,4-5H2,(H,14,15,16). The lowest BCUT2D eigenvalue weighted by atomic mass is 10.4. The van der Waals surface area contributed by atoms with Crippen LogP contribution in [-0.4, -0.2) is 10.9 Å². The summed E-state index contributed by atoms with van der Waals surface area (Å²) in [6.45, 7) is 0. The molecular weight excluding hydrogens is 248 g/mol. The molecule has 0 spiro atoms. The predicted molar refractivity (Wildman–Crippen MR) is 70.5 cm³/mol. The van der Waals surface area contributed by atoms with Crippen molar-refractivity contribution in [1.82, 2.24) is 4.98 Å². The van der Waals surface area contributed by atoms with Gasteiger partial charge in [0, 0.05) is 11.0 Å². The lowest BCUT2D eigenvalue weighted by Gasteiger charge is -1.95. The van der Waals surface area contributed by atoms with Gasteiger partial charge in [-0.1, -0.05) is 0 Å². The first-order chi connectivity index (χ1) is 8.81. The van der Waals surface area contributed by atoms with E-state index in [2.05, 4.69) is 10.3 Å². The molecule has 0 bridgehead atoms. The molecule has 0 saturated heterocycles. The van der Waals surface area contributed by atoms with Crippen molar-refractivity contribution in [3.8, 4) is 0 Å². The predicted octanol–water partition coefficient (Wildman–Crippen LogP) is 2.88. The number of anilines is 1. The van der Waals surface area contributed by atoms with Gasteiger partial charge in [-0.05, 0) is 37.5 Å². The zero-order chi connectivity index (χ0) is 12.4. The largest absolute Gasteiger partial charge is 0.465 e. The van der Waals surface area contributed by atoms with E-state index < -0.39 is 0 Å². The van der Waals surface area contributed by atoms with Crippen LogP contribution in [0.15, 0.2) is 28.9 Å². The maximum atomic E-state index is 11.7. The molecular formula is C13H12N2O2S. The molecule has 3 rings (SSSR count). The number of hydrogen-bond donors (Lipinski definition) is 1. The van der Waals surface area contributed by atoms with E-state index in [-0.39, 0.29) is 5.91 Å². The summed E-state index contributed by atoms with van der Waals surface area (Å²) in [5, 5.41) is 3.46. The molecule has 2 aromatic heterocycles. The van der Waals surface area contributed by atoms with E-state index in [1.807, 2.05) is 0 Å². The van der Waals surface area contributed by atoms with Crippen LogP contribution in [-0.2, 0) is 17.6 Å². The van der Waals surface area contributed by atoms with Crippen LogP contribution in [0.4, 0.5) is 5.13 Å². The Kier molecular flexibility index (Phi) is 2.98. The van der Waals surface area contributed by atoms with Crippen LogP contribution in [0.5, 0.6) is 0 Å². The second-order valence-electron chi connectivity index (χ2n) is 4.08. The topological polar surface area (TPSA) is 55.1 Å². The zero-order valence-corrected chi connectivity index (χ0v) is 10.5. The van der Waals surface area contributed by atoms with Crippen molar-refractivity contribution in [2.75, 3.05) is 5.32 Å². The number of nitrogens with one attached hydrogen (secondary N) is 1. The minimum atomic E-state index is -0.182. The second kappa shape index (κ2) is 4.78. The highest BCUT2D eigenvalue weighted by Crippen LogP contribution is 2.30. The molecule has 1 aliphatic carbocycles. The van der Waals surface area contributed by atoms with Gasteiger partial charge in [0.2, 0.25) is 5.91 Å². The Labute approximate surface area is 108 Å². The normalized spacial score (nSPS) is 14.0. The van der Waals surface area contributed by atoms with Gasteiger partial charge in [0.1, 0.15) is 5.76 Å². The summed E-state index contributed by atoms with van der Waals surface area (Å²) >= 11 is 1.57. The van der Waals surface area contributed by atoms with Gasteiger partial charge in [-0.3, -0.25) is 10.1 Å². The highest BCUT2D eigenvalue weighted by molar-refractivity contribution is 7.15. The number of aryl methyl sites for hydroxylation is 2. The third kappa shape index (κ3) is 2.36. The summed E-state index contributed by atoms with van der Waals surface area (Å²) in [7, 11) is 0. The fourth-order valence-electron chi connectivity index (χ4n) is 1.93. The van der Waals surface area contributed by atoms with E-state index in [1.54, 1.807) is 35.8 Å². The summed E-state index contributed by atoms with van der Waals surface area (Å²) in [6, 6.07) is 3.57. The molecule has 0 atom stereocenters. The van der Waals surface area contributed by atoms with Gasteiger partial charge in [0.15, 0.2) is 5.13 Å². The molecule has 0 saturated carbocycles. The van der Waals surface area contributed by atoms with Gasteiger partial charge >= 0.3 is 0 Å². The number of amides is 1. The van der Waals surface area contributed by atoms with Crippen LogP contribution in [0.1, 0.15) is 22.8 Å². The monoisotopic (exact) mass is 260 g/mol. The van der Waals surface area contributed by atoms with Crippen LogP contribution in [0.2, 0.25) is 0 Å². The molecule has 0 aliphatic heterocycles. The number of nitrogens with zero attached hydrogens (tertiary/aromatic N) is 1. The number of rotatable bonds is 3. The van der Waals surface area contributed by atoms with Crippen LogP contribution < -0.4 is 5.32 Å². The Morgan fingerprint density at radius 3 is 3.22 bits per heavy atom.